The lowest BCUT2D eigenvalue weighted by Crippen LogP contribution is -2.25. The van der Waals surface area contributed by atoms with Crippen LogP contribution >= 0.6 is 11.6 Å². The summed E-state index contributed by atoms with van der Waals surface area (Å²) >= 11 is 5.95. The summed E-state index contributed by atoms with van der Waals surface area (Å²) in [6, 6.07) is 13.1. The molecule has 0 unspecified atom stereocenters. The highest BCUT2D eigenvalue weighted by Gasteiger charge is 2.22. The van der Waals surface area contributed by atoms with Crippen molar-refractivity contribution >= 4 is 21.6 Å². The van der Waals surface area contributed by atoms with E-state index >= 15 is 0 Å². The van der Waals surface area contributed by atoms with Crippen LogP contribution < -0.4 is 4.72 Å². The lowest BCUT2D eigenvalue weighted by Gasteiger charge is -2.14. The fourth-order valence-electron chi connectivity index (χ4n) is 3.78. The predicted molar refractivity (Wildman–Crippen MR) is 114 cm³/mol. The van der Waals surface area contributed by atoms with Crippen molar-refractivity contribution in [3.63, 3.8) is 0 Å². The molecule has 0 radical (unpaired) electrons. The smallest absolute Gasteiger partial charge is 0.216 e. The summed E-state index contributed by atoms with van der Waals surface area (Å²) in [6.45, 7) is 0.153. The Morgan fingerprint density at radius 3 is 2.59 bits per heavy atom. The zero-order chi connectivity index (χ0) is 20.3. The summed E-state index contributed by atoms with van der Waals surface area (Å²) in [6.07, 6.45) is 8.10. The van der Waals surface area contributed by atoms with E-state index in [4.69, 9.17) is 16.7 Å². The van der Waals surface area contributed by atoms with Crippen LogP contribution in [0.4, 0.5) is 0 Å². The van der Waals surface area contributed by atoms with E-state index in [1.807, 2.05) is 18.2 Å². The maximum absolute atomic E-state index is 12.5. The van der Waals surface area contributed by atoms with Crippen LogP contribution in [0.15, 0.2) is 54.9 Å². The van der Waals surface area contributed by atoms with Crippen LogP contribution in [-0.4, -0.2) is 23.2 Å². The number of aromatic nitrogens is 3. The molecule has 3 aromatic rings. The van der Waals surface area contributed by atoms with Crippen LogP contribution in [0.3, 0.4) is 0 Å². The Morgan fingerprint density at radius 2 is 1.86 bits per heavy atom. The number of rotatable bonds is 7. The minimum Gasteiger partial charge on any atom is -0.265 e. The number of hydrogen-bond donors (Lipinski definition) is 1. The highest BCUT2D eigenvalue weighted by molar-refractivity contribution is 7.88. The maximum atomic E-state index is 12.5. The molecule has 2 heterocycles. The molecule has 0 aliphatic heterocycles. The molecule has 29 heavy (non-hydrogen) atoms. The second-order valence-electron chi connectivity index (χ2n) is 7.35. The Balaban J connectivity index is 1.52. The van der Waals surface area contributed by atoms with Crippen molar-refractivity contribution in [3.8, 4) is 11.3 Å². The number of nitrogens with zero attached hydrogens (tertiary/aromatic N) is 3. The zero-order valence-electron chi connectivity index (χ0n) is 16.0. The van der Waals surface area contributed by atoms with Gasteiger partial charge < -0.3 is 0 Å². The lowest BCUT2D eigenvalue weighted by molar-refractivity contribution is 0.467. The maximum Gasteiger partial charge on any atom is 0.216 e. The molecule has 0 amide bonds. The van der Waals surface area contributed by atoms with E-state index in [2.05, 4.69) is 14.4 Å². The standard InChI is InChI=1S/C21H23ClN4O2S/c22-18-5-3-4-16(12-18)15-29(27,28)24-14-19-13-21(17-8-10-23-11-9-17)26(25-19)20-6-1-2-7-20/h3-5,8-13,20,24H,1-2,6-7,14-15H2. The van der Waals surface area contributed by atoms with Gasteiger partial charge in [0.2, 0.25) is 10.0 Å². The van der Waals surface area contributed by atoms with E-state index < -0.39 is 10.0 Å². The third-order valence-corrected chi connectivity index (χ3v) is 6.68. The summed E-state index contributed by atoms with van der Waals surface area (Å²) in [5.41, 5.74) is 3.40. The number of sulfonamides is 1. The Hall–Kier alpha value is -2.22. The lowest BCUT2D eigenvalue weighted by atomic mass is 10.1. The van der Waals surface area contributed by atoms with E-state index in [-0.39, 0.29) is 12.3 Å². The van der Waals surface area contributed by atoms with Gasteiger partial charge in [-0.15, -0.1) is 0 Å². The van der Waals surface area contributed by atoms with Crippen molar-refractivity contribution in [3.05, 3.63) is 71.1 Å². The summed E-state index contributed by atoms with van der Waals surface area (Å²) in [7, 11) is -3.50. The molecule has 0 bridgehead atoms. The Bertz CT molecular complexity index is 1080. The quantitative estimate of drug-likeness (QED) is 0.605. The van der Waals surface area contributed by atoms with Gasteiger partial charge in [0.1, 0.15) is 0 Å². The summed E-state index contributed by atoms with van der Waals surface area (Å²) in [4.78, 5) is 4.09. The first-order chi connectivity index (χ1) is 14.0. The monoisotopic (exact) mass is 430 g/mol. The van der Waals surface area contributed by atoms with Crippen molar-refractivity contribution in [2.24, 2.45) is 0 Å². The molecule has 1 N–H and O–H groups in total. The first-order valence-electron chi connectivity index (χ1n) is 9.71. The van der Waals surface area contributed by atoms with Gasteiger partial charge >= 0.3 is 0 Å². The third kappa shape index (κ3) is 5.04. The van der Waals surface area contributed by atoms with Crippen LogP contribution in [-0.2, 0) is 22.3 Å². The van der Waals surface area contributed by atoms with Crippen molar-refractivity contribution in [2.75, 3.05) is 0 Å². The van der Waals surface area contributed by atoms with Gasteiger partial charge in [-0.1, -0.05) is 36.6 Å². The molecule has 1 aliphatic rings. The molecule has 6 nitrogen and oxygen atoms in total. The molecule has 4 rings (SSSR count). The molecule has 152 valence electrons. The molecule has 0 saturated heterocycles. The topological polar surface area (TPSA) is 76.9 Å². The highest BCUT2D eigenvalue weighted by Crippen LogP contribution is 2.33. The minimum atomic E-state index is -3.50. The third-order valence-electron chi connectivity index (χ3n) is 5.15. The van der Waals surface area contributed by atoms with Crippen LogP contribution in [0.2, 0.25) is 5.02 Å². The molecular formula is C21H23ClN4O2S. The second-order valence-corrected chi connectivity index (χ2v) is 9.59. The highest BCUT2D eigenvalue weighted by atomic mass is 35.5. The number of halogens is 1. The van der Waals surface area contributed by atoms with Gasteiger partial charge in [0, 0.05) is 23.0 Å². The van der Waals surface area contributed by atoms with E-state index in [0.717, 1.165) is 24.1 Å². The van der Waals surface area contributed by atoms with Crippen LogP contribution in [0, 0.1) is 0 Å². The molecule has 2 aromatic heterocycles. The van der Waals surface area contributed by atoms with Crippen molar-refractivity contribution < 1.29 is 8.42 Å². The number of nitrogens with one attached hydrogen (secondary N) is 1. The van der Waals surface area contributed by atoms with Gasteiger partial charge in [-0.05, 0) is 48.7 Å². The molecule has 0 spiro atoms. The van der Waals surface area contributed by atoms with E-state index in [9.17, 15) is 8.42 Å². The van der Waals surface area contributed by atoms with Gasteiger partial charge in [0.05, 0.1) is 29.7 Å². The van der Waals surface area contributed by atoms with Crippen molar-refractivity contribution in [1.29, 1.82) is 0 Å². The van der Waals surface area contributed by atoms with Crippen LogP contribution in [0.1, 0.15) is 43.0 Å². The predicted octanol–water partition coefficient (Wildman–Crippen LogP) is 4.33. The second kappa shape index (κ2) is 8.65. The Morgan fingerprint density at radius 1 is 1.10 bits per heavy atom. The minimum absolute atomic E-state index is 0.117. The largest absolute Gasteiger partial charge is 0.265 e. The van der Waals surface area contributed by atoms with E-state index in [1.54, 1.807) is 36.7 Å². The molecule has 8 heteroatoms. The Labute approximate surface area is 176 Å². The van der Waals surface area contributed by atoms with Crippen LogP contribution in [0.5, 0.6) is 0 Å². The van der Waals surface area contributed by atoms with Gasteiger partial charge in [-0.25, -0.2) is 13.1 Å². The van der Waals surface area contributed by atoms with Gasteiger partial charge in [-0.2, -0.15) is 5.10 Å². The fourth-order valence-corrected chi connectivity index (χ4v) is 5.08. The molecule has 1 fully saturated rings. The SMILES string of the molecule is O=S(=O)(Cc1cccc(Cl)c1)NCc1cc(-c2ccncc2)n(C2CCCC2)n1. The van der Waals surface area contributed by atoms with Gasteiger partial charge in [0.25, 0.3) is 0 Å². The van der Waals surface area contributed by atoms with E-state index in [0.29, 0.717) is 22.3 Å². The first-order valence-corrected chi connectivity index (χ1v) is 11.7. The first kappa shape index (κ1) is 20.1. The number of pyridine rings is 1. The Kier molecular flexibility index (Phi) is 5.99. The average Bonchev–Trinajstić information content (AvgIpc) is 3.37. The summed E-state index contributed by atoms with van der Waals surface area (Å²) in [5.74, 6) is -0.117. The molecule has 1 aliphatic carbocycles. The number of hydrogen-bond acceptors (Lipinski definition) is 4. The fraction of sp³-hybridized carbons (Fsp3) is 0.333. The summed E-state index contributed by atoms with van der Waals surface area (Å²) in [5, 5.41) is 5.26. The molecule has 1 saturated carbocycles. The van der Waals surface area contributed by atoms with Gasteiger partial charge in [-0.3, -0.25) is 9.67 Å². The molecule has 0 atom stereocenters. The van der Waals surface area contributed by atoms with Gasteiger partial charge in [0.15, 0.2) is 0 Å². The van der Waals surface area contributed by atoms with Crippen molar-refractivity contribution in [1.82, 2.24) is 19.5 Å². The average molecular weight is 431 g/mol. The van der Waals surface area contributed by atoms with E-state index in [1.165, 1.54) is 12.8 Å². The summed E-state index contributed by atoms with van der Waals surface area (Å²) < 4.78 is 29.7. The molecule has 1 aromatic carbocycles. The zero-order valence-corrected chi connectivity index (χ0v) is 17.5. The number of benzene rings is 1. The normalized spacial score (nSPS) is 15.1. The van der Waals surface area contributed by atoms with Crippen LogP contribution in [0.25, 0.3) is 11.3 Å². The molecular weight excluding hydrogens is 408 g/mol. The van der Waals surface area contributed by atoms with Crippen molar-refractivity contribution in [2.45, 2.75) is 44.0 Å².